The van der Waals surface area contributed by atoms with Gasteiger partial charge in [0.15, 0.2) is 0 Å². The van der Waals surface area contributed by atoms with Crippen LogP contribution in [0, 0.1) is 0 Å². The Morgan fingerprint density at radius 3 is 2.65 bits per heavy atom. The lowest BCUT2D eigenvalue weighted by molar-refractivity contribution is -0.137. The van der Waals surface area contributed by atoms with Gasteiger partial charge in [-0.25, -0.2) is 0 Å². The molecule has 0 spiro atoms. The van der Waals surface area contributed by atoms with Crippen molar-refractivity contribution in [2.24, 2.45) is 0 Å². The van der Waals surface area contributed by atoms with E-state index < -0.39 is 12.6 Å². The first-order chi connectivity index (χ1) is 9.40. The van der Waals surface area contributed by atoms with Crippen LogP contribution in [0.4, 0.5) is 13.2 Å². The minimum absolute atomic E-state index is 0.00729. The number of hydrogen-bond donors (Lipinski definition) is 1. The second kappa shape index (κ2) is 8.11. The van der Waals surface area contributed by atoms with Crippen LogP contribution in [0.5, 0.6) is 5.75 Å². The van der Waals surface area contributed by atoms with Crippen LogP contribution in [0.2, 0.25) is 0 Å². The largest absolute Gasteiger partial charge is 0.492 e. The van der Waals surface area contributed by atoms with Gasteiger partial charge in [-0.1, -0.05) is 12.1 Å². The molecule has 6 heteroatoms. The monoisotopic (exact) mass is 290 g/mol. The Bertz CT molecular complexity index is 396. The van der Waals surface area contributed by atoms with E-state index in [0.29, 0.717) is 13.2 Å². The summed E-state index contributed by atoms with van der Waals surface area (Å²) in [6.07, 6.45) is -4.89. The summed E-state index contributed by atoms with van der Waals surface area (Å²) >= 11 is 0. The molecule has 0 aliphatic rings. The van der Waals surface area contributed by atoms with E-state index >= 15 is 0 Å². The molecule has 1 rings (SSSR count). The number of nitrogens with one attached hydrogen (secondary N) is 1. The van der Waals surface area contributed by atoms with Gasteiger partial charge < -0.3 is 15.0 Å². The zero-order valence-electron chi connectivity index (χ0n) is 11.8. The predicted octanol–water partition coefficient (Wildman–Crippen LogP) is 2.67. The first-order valence-corrected chi connectivity index (χ1v) is 6.52. The van der Waals surface area contributed by atoms with E-state index in [2.05, 4.69) is 5.32 Å². The van der Waals surface area contributed by atoms with E-state index in [1.807, 2.05) is 31.3 Å². The molecule has 114 valence electrons. The Balaban J connectivity index is 2.28. The lowest BCUT2D eigenvalue weighted by Crippen LogP contribution is -2.28. The SMILES string of the molecule is CNCc1cccc(OCCN(C)CCC(F)(F)F)c1. The molecule has 0 bridgehead atoms. The number of hydrogen-bond acceptors (Lipinski definition) is 3. The number of rotatable bonds is 8. The van der Waals surface area contributed by atoms with Crippen LogP contribution in [0.15, 0.2) is 24.3 Å². The zero-order valence-corrected chi connectivity index (χ0v) is 11.8. The number of likely N-dealkylation sites (N-methyl/N-ethyl adjacent to an activating group) is 1. The smallest absolute Gasteiger partial charge is 0.390 e. The van der Waals surface area contributed by atoms with Crippen molar-refractivity contribution in [2.45, 2.75) is 19.1 Å². The third-order valence-corrected chi connectivity index (χ3v) is 2.80. The van der Waals surface area contributed by atoms with Crippen LogP contribution in [0.1, 0.15) is 12.0 Å². The fraction of sp³-hybridized carbons (Fsp3) is 0.571. The maximum absolute atomic E-state index is 12.1. The lowest BCUT2D eigenvalue weighted by atomic mass is 10.2. The third-order valence-electron chi connectivity index (χ3n) is 2.80. The van der Waals surface area contributed by atoms with Crippen LogP contribution in [-0.2, 0) is 6.54 Å². The highest BCUT2D eigenvalue weighted by atomic mass is 19.4. The van der Waals surface area contributed by atoms with Gasteiger partial charge in [-0.05, 0) is 31.8 Å². The summed E-state index contributed by atoms with van der Waals surface area (Å²) in [5, 5.41) is 3.05. The predicted molar refractivity (Wildman–Crippen MR) is 72.9 cm³/mol. The van der Waals surface area contributed by atoms with Crippen LogP contribution in [-0.4, -0.2) is 44.9 Å². The topological polar surface area (TPSA) is 24.5 Å². The van der Waals surface area contributed by atoms with Gasteiger partial charge in [0.05, 0.1) is 6.42 Å². The van der Waals surface area contributed by atoms with E-state index in [0.717, 1.165) is 17.9 Å². The molecule has 0 fully saturated rings. The van der Waals surface area contributed by atoms with E-state index in [4.69, 9.17) is 4.74 Å². The van der Waals surface area contributed by atoms with Gasteiger partial charge in [-0.2, -0.15) is 13.2 Å². The van der Waals surface area contributed by atoms with Crippen molar-refractivity contribution in [3.8, 4) is 5.75 Å². The number of nitrogens with zero attached hydrogens (tertiary/aromatic N) is 1. The summed E-state index contributed by atoms with van der Waals surface area (Å²) in [5.74, 6) is 0.738. The van der Waals surface area contributed by atoms with E-state index in [1.165, 1.54) is 0 Å². The molecule has 0 amide bonds. The molecule has 1 aromatic rings. The maximum Gasteiger partial charge on any atom is 0.390 e. The Kier molecular flexibility index (Phi) is 6.81. The molecule has 0 radical (unpaired) electrons. The molecule has 3 nitrogen and oxygen atoms in total. The molecule has 0 unspecified atom stereocenters. The fourth-order valence-electron chi connectivity index (χ4n) is 1.70. The Morgan fingerprint density at radius 2 is 2.00 bits per heavy atom. The second-order valence-corrected chi connectivity index (χ2v) is 4.69. The summed E-state index contributed by atoms with van der Waals surface area (Å²) in [6, 6.07) is 7.65. The van der Waals surface area contributed by atoms with Crippen molar-refractivity contribution in [3.05, 3.63) is 29.8 Å². The summed E-state index contributed by atoms with van der Waals surface area (Å²) in [4.78, 5) is 1.62. The number of benzene rings is 1. The zero-order chi connectivity index (χ0) is 15.0. The molecule has 0 saturated carbocycles. The molecule has 0 atom stereocenters. The minimum atomic E-state index is -4.10. The average Bonchev–Trinajstić information content (AvgIpc) is 2.36. The number of alkyl halides is 3. The van der Waals surface area contributed by atoms with Gasteiger partial charge in [0.25, 0.3) is 0 Å². The van der Waals surface area contributed by atoms with Gasteiger partial charge >= 0.3 is 6.18 Å². The Morgan fingerprint density at radius 1 is 1.25 bits per heavy atom. The number of ether oxygens (including phenoxy) is 1. The highest BCUT2D eigenvalue weighted by Crippen LogP contribution is 2.19. The minimum Gasteiger partial charge on any atom is -0.492 e. The van der Waals surface area contributed by atoms with Crippen molar-refractivity contribution >= 4 is 0 Å². The molecule has 0 aliphatic heterocycles. The van der Waals surface area contributed by atoms with Crippen LogP contribution >= 0.6 is 0 Å². The molecule has 0 aromatic heterocycles. The molecule has 0 heterocycles. The molecule has 20 heavy (non-hydrogen) atoms. The summed E-state index contributed by atoms with van der Waals surface area (Å²) in [6.45, 7) is 1.58. The normalized spacial score (nSPS) is 11.9. The Hall–Kier alpha value is -1.27. The van der Waals surface area contributed by atoms with E-state index in [-0.39, 0.29) is 6.54 Å². The second-order valence-electron chi connectivity index (χ2n) is 4.69. The summed E-state index contributed by atoms with van der Waals surface area (Å²) in [7, 11) is 3.52. The standard InChI is InChI=1S/C14H21F3N2O/c1-18-11-12-4-3-5-13(10-12)20-9-8-19(2)7-6-14(15,16)17/h3-5,10,18H,6-9,11H2,1-2H3. The summed E-state index contributed by atoms with van der Waals surface area (Å²) < 4.78 is 41.7. The number of halogens is 3. The summed E-state index contributed by atoms with van der Waals surface area (Å²) in [5.41, 5.74) is 1.11. The molecular weight excluding hydrogens is 269 g/mol. The first kappa shape index (κ1) is 16.8. The third kappa shape index (κ3) is 7.35. The van der Waals surface area contributed by atoms with Crippen LogP contribution < -0.4 is 10.1 Å². The highest BCUT2D eigenvalue weighted by Gasteiger charge is 2.26. The quantitative estimate of drug-likeness (QED) is 0.796. The van der Waals surface area contributed by atoms with E-state index in [9.17, 15) is 13.2 Å². The highest BCUT2D eigenvalue weighted by molar-refractivity contribution is 5.28. The maximum atomic E-state index is 12.1. The van der Waals surface area contributed by atoms with E-state index in [1.54, 1.807) is 11.9 Å². The molecule has 0 saturated heterocycles. The Labute approximate surface area is 117 Å². The molecule has 1 aromatic carbocycles. The van der Waals surface area contributed by atoms with Crippen molar-refractivity contribution in [2.75, 3.05) is 33.8 Å². The lowest BCUT2D eigenvalue weighted by Gasteiger charge is -2.18. The van der Waals surface area contributed by atoms with Crippen LogP contribution in [0.3, 0.4) is 0 Å². The van der Waals surface area contributed by atoms with Crippen LogP contribution in [0.25, 0.3) is 0 Å². The van der Waals surface area contributed by atoms with Crippen molar-refractivity contribution in [1.29, 1.82) is 0 Å². The van der Waals surface area contributed by atoms with Gasteiger partial charge in [0, 0.05) is 19.6 Å². The molecule has 0 aliphatic carbocycles. The van der Waals surface area contributed by atoms with Crippen molar-refractivity contribution in [1.82, 2.24) is 10.2 Å². The van der Waals surface area contributed by atoms with Gasteiger partial charge in [0.1, 0.15) is 12.4 Å². The van der Waals surface area contributed by atoms with Gasteiger partial charge in [-0.15, -0.1) is 0 Å². The average molecular weight is 290 g/mol. The fourth-order valence-corrected chi connectivity index (χ4v) is 1.70. The van der Waals surface area contributed by atoms with Gasteiger partial charge in [-0.3, -0.25) is 0 Å². The van der Waals surface area contributed by atoms with Gasteiger partial charge in [0.2, 0.25) is 0 Å². The molecular formula is C14H21F3N2O. The van der Waals surface area contributed by atoms with Crippen molar-refractivity contribution < 1.29 is 17.9 Å². The molecule has 1 N–H and O–H groups in total. The van der Waals surface area contributed by atoms with Crippen molar-refractivity contribution in [3.63, 3.8) is 0 Å². The first-order valence-electron chi connectivity index (χ1n) is 6.52.